The van der Waals surface area contributed by atoms with Crippen molar-refractivity contribution in [1.29, 1.82) is 0 Å². The average Bonchev–Trinajstić information content (AvgIpc) is 3.05. The lowest BCUT2D eigenvalue weighted by Crippen LogP contribution is -2.17. The number of nitrogens with zero attached hydrogens (tertiary/aromatic N) is 3. The van der Waals surface area contributed by atoms with E-state index in [-0.39, 0.29) is 0 Å². The summed E-state index contributed by atoms with van der Waals surface area (Å²) in [7, 11) is 0. The topological polar surface area (TPSA) is 41.1 Å². The van der Waals surface area contributed by atoms with Crippen LogP contribution in [0.4, 0.5) is 17.5 Å². The first kappa shape index (κ1) is 13.8. The number of hydrogen-bond acceptors (Lipinski definition) is 4. The van der Waals surface area contributed by atoms with E-state index in [0.29, 0.717) is 0 Å². The highest BCUT2D eigenvalue weighted by molar-refractivity contribution is 5.66. The van der Waals surface area contributed by atoms with E-state index < -0.39 is 0 Å². The van der Waals surface area contributed by atoms with Crippen LogP contribution in [0.1, 0.15) is 11.1 Å². The zero-order valence-electron chi connectivity index (χ0n) is 12.8. The van der Waals surface area contributed by atoms with Crippen LogP contribution in [-0.2, 0) is 13.0 Å². The molecule has 2 aromatic carbocycles. The van der Waals surface area contributed by atoms with Gasteiger partial charge in [-0.2, -0.15) is 4.98 Å². The van der Waals surface area contributed by atoms with Crippen LogP contribution in [0.3, 0.4) is 0 Å². The molecule has 0 saturated carbocycles. The molecule has 0 radical (unpaired) electrons. The maximum atomic E-state index is 4.67. The summed E-state index contributed by atoms with van der Waals surface area (Å²) < 4.78 is 0. The van der Waals surface area contributed by atoms with Crippen LogP contribution in [0.15, 0.2) is 66.9 Å². The van der Waals surface area contributed by atoms with Crippen LogP contribution < -0.4 is 10.2 Å². The van der Waals surface area contributed by atoms with Crippen molar-refractivity contribution in [3.8, 4) is 0 Å². The predicted octanol–water partition coefficient (Wildman–Crippen LogP) is 3.78. The van der Waals surface area contributed by atoms with E-state index in [1.165, 1.54) is 16.8 Å². The van der Waals surface area contributed by atoms with E-state index in [9.17, 15) is 0 Å². The van der Waals surface area contributed by atoms with Gasteiger partial charge in [-0.15, -0.1) is 0 Å². The Morgan fingerprint density at radius 3 is 2.70 bits per heavy atom. The zero-order chi connectivity index (χ0) is 15.5. The molecular formula is C19H18N4. The number of anilines is 3. The second-order valence-corrected chi connectivity index (χ2v) is 5.61. The fourth-order valence-electron chi connectivity index (χ4n) is 2.91. The Kier molecular flexibility index (Phi) is 3.64. The maximum Gasteiger partial charge on any atom is 0.231 e. The fraction of sp³-hybridized carbons (Fsp3) is 0.158. The van der Waals surface area contributed by atoms with Crippen molar-refractivity contribution in [3.63, 3.8) is 0 Å². The first-order valence-corrected chi connectivity index (χ1v) is 7.86. The Morgan fingerprint density at radius 1 is 0.957 bits per heavy atom. The lowest BCUT2D eigenvalue weighted by Gasteiger charge is -2.17. The van der Waals surface area contributed by atoms with Crippen LogP contribution in [0.25, 0.3) is 0 Å². The van der Waals surface area contributed by atoms with Gasteiger partial charge in [0.15, 0.2) is 0 Å². The minimum absolute atomic E-state index is 0.757. The third-order valence-electron chi connectivity index (χ3n) is 4.09. The minimum atomic E-state index is 0.757. The number of hydrogen-bond donors (Lipinski definition) is 1. The fourth-order valence-corrected chi connectivity index (χ4v) is 2.91. The van der Waals surface area contributed by atoms with E-state index in [1.807, 2.05) is 30.5 Å². The Hall–Kier alpha value is -2.88. The summed E-state index contributed by atoms with van der Waals surface area (Å²) in [6, 6.07) is 20.7. The molecule has 4 rings (SSSR count). The normalized spacial score (nSPS) is 13.0. The summed E-state index contributed by atoms with van der Waals surface area (Å²) in [5.41, 5.74) is 3.81. The molecule has 4 heteroatoms. The molecule has 1 aliphatic rings. The summed E-state index contributed by atoms with van der Waals surface area (Å²) >= 11 is 0. The number of aromatic nitrogens is 2. The van der Waals surface area contributed by atoms with Gasteiger partial charge in [0.2, 0.25) is 5.95 Å². The molecule has 0 amide bonds. The predicted molar refractivity (Wildman–Crippen MR) is 93.0 cm³/mol. The Bertz CT molecular complexity index is 801. The van der Waals surface area contributed by atoms with Gasteiger partial charge >= 0.3 is 0 Å². The highest BCUT2D eigenvalue weighted by Crippen LogP contribution is 2.32. The van der Waals surface area contributed by atoms with Gasteiger partial charge < -0.3 is 10.2 Å². The first-order chi connectivity index (χ1) is 11.4. The van der Waals surface area contributed by atoms with Crippen LogP contribution >= 0.6 is 0 Å². The molecule has 4 nitrogen and oxygen atoms in total. The molecule has 1 aromatic heterocycles. The summed E-state index contributed by atoms with van der Waals surface area (Å²) in [4.78, 5) is 11.3. The molecule has 1 aliphatic heterocycles. The summed E-state index contributed by atoms with van der Waals surface area (Å²) in [6.45, 7) is 1.69. The largest absolute Gasteiger partial charge is 0.366 e. The lowest BCUT2D eigenvalue weighted by atomic mass is 10.2. The third kappa shape index (κ3) is 2.88. The molecule has 0 aliphatic carbocycles. The third-order valence-corrected chi connectivity index (χ3v) is 4.09. The van der Waals surface area contributed by atoms with E-state index in [4.69, 9.17) is 0 Å². The van der Waals surface area contributed by atoms with Crippen molar-refractivity contribution in [1.82, 2.24) is 9.97 Å². The second-order valence-electron chi connectivity index (χ2n) is 5.61. The summed E-state index contributed by atoms with van der Waals surface area (Å²) in [5.74, 6) is 1.61. The maximum absolute atomic E-state index is 4.67. The van der Waals surface area contributed by atoms with Gasteiger partial charge in [-0.3, -0.25) is 0 Å². The summed E-state index contributed by atoms with van der Waals surface area (Å²) in [5, 5.41) is 3.37. The van der Waals surface area contributed by atoms with Crippen molar-refractivity contribution >= 4 is 17.5 Å². The highest BCUT2D eigenvalue weighted by atomic mass is 15.3. The molecule has 23 heavy (non-hydrogen) atoms. The molecule has 0 bridgehead atoms. The monoisotopic (exact) mass is 302 g/mol. The van der Waals surface area contributed by atoms with Crippen molar-refractivity contribution in [2.45, 2.75) is 13.0 Å². The number of rotatable bonds is 4. The number of fused-ring (bicyclic) bond motifs is 1. The van der Waals surface area contributed by atoms with Crippen molar-refractivity contribution < 1.29 is 0 Å². The second kappa shape index (κ2) is 6.08. The number of benzene rings is 2. The molecule has 114 valence electrons. The molecule has 0 saturated heterocycles. The Labute approximate surface area is 135 Å². The molecule has 0 atom stereocenters. The van der Waals surface area contributed by atoms with Crippen LogP contribution in [-0.4, -0.2) is 16.5 Å². The van der Waals surface area contributed by atoms with Crippen LogP contribution in [0.2, 0.25) is 0 Å². The standard InChI is InChI=1S/C19H18N4/c1-2-6-15(7-3-1)14-21-18-10-12-20-19(22-18)23-13-11-16-8-4-5-9-17(16)23/h1-10,12H,11,13-14H2,(H,20,21,22). The van der Waals surface area contributed by atoms with E-state index in [2.05, 4.69) is 56.6 Å². The van der Waals surface area contributed by atoms with E-state index >= 15 is 0 Å². The smallest absolute Gasteiger partial charge is 0.231 e. The van der Waals surface area contributed by atoms with E-state index in [0.717, 1.165) is 31.3 Å². The van der Waals surface area contributed by atoms with Crippen molar-refractivity contribution in [2.24, 2.45) is 0 Å². The summed E-state index contributed by atoms with van der Waals surface area (Å²) in [6.07, 6.45) is 2.86. The van der Waals surface area contributed by atoms with Gasteiger partial charge in [0, 0.05) is 25.0 Å². The van der Waals surface area contributed by atoms with Gasteiger partial charge in [0.25, 0.3) is 0 Å². The van der Waals surface area contributed by atoms with Gasteiger partial charge in [-0.05, 0) is 29.7 Å². The van der Waals surface area contributed by atoms with Gasteiger partial charge in [0.05, 0.1) is 0 Å². The van der Waals surface area contributed by atoms with Gasteiger partial charge in [0.1, 0.15) is 5.82 Å². The molecular weight excluding hydrogens is 284 g/mol. The Balaban J connectivity index is 1.53. The van der Waals surface area contributed by atoms with Crippen LogP contribution in [0, 0.1) is 0 Å². The molecule has 0 fully saturated rings. The quantitative estimate of drug-likeness (QED) is 0.796. The molecule has 0 unspecified atom stereocenters. The molecule has 1 N–H and O–H groups in total. The van der Waals surface area contributed by atoms with Crippen molar-refractivity contribution in [3.05, 3.63) is 78.0 Å². The van der Waals surface area contributed by atoms with Crippen LogP contribution in [0.5, 0.6) is 0 Å². The van der Waals surface area contributed by atoms with Gasteiger partial charge in [-0.25, -0.2) is 4.98 Å². The SMILES string of the molecule is c1ccc(CNc2ccnc(N3CCc4ccccc43)n2)cc1. The zero-order valence-corrected chi connectivity index (χ0v) is 12.8. The van der Waals surface area contributed by atoms with Crippen molar-refractivity contribution in [2.75, 3.05) is 16.8 Å². The highest BCUT2D eigenvalue weighted by Gasteiger charge is 2.21. The number of nitrogens with one attached hydrogen (secondary N) is 1. The first-order valence-electron chi connectivity index (χ1n) is 7.86. The Morgan fingerprint density at radius 2 is 1.78 bits per heavy atom. The van der Waals surface area contributed by atoms with E-state index in [1.54, 1.807) is 0 Å². The number of para-hydroxylation sites is 1. The average molecular weight is 302 g/mol. The van der Waals surface area contributed by atoms with Gasteiger partial charge in [-0.1, -0.05) is 48.5 Å². The minimum Gasteiger partial charge on any atom is -0.366 e. The molecule has 3 aromatic rings. The molecule has 2 heterocycles. The lowest BCUT2D eigenvalue weighted by molar-refractivity contribution is 0.936. The molecule has 0 spiro atoms.